The van der Waals surface area contributed by atoms with Crippen LogP contribution in [-0.2, 0) is 11.3 Å². The number of benzene rings is 1. The molecule has 0 amide bonds. The Kier molecular flexibility index (Phi) is 6.54. The molecule has 3 nitrogen and oxygen atoms in total. The summed E-state index contributed by atoms with van der Waals surface area (Å²) < 4.78 is 36.6. The highest BCUT2D eigenvalue weighted by Crippen LogP contribution is 2.20. The minimum absolute atomic E-state index is 0.584. The second kappa shape index (κ2) is 8.23. The Morgan fingerprint density at radius 2 is 2.00 bits per heavy atom. The summed E-state index contributed by atoms with van der Waals surface area (Å²) in [5, 5.41) is 1.20. The van der Waals surface area contributed by atoms with Crippen LogP contribution in [0.5, 0.6) is 0 Å². The summed E-state index contributed by atoms with van der Waals surface area (Å²) in [7, 11) is 0. The van der Waals surface area contributed by atoms with E-state index in [1.54, 1.807) is 17.0 Å². The summed E-state index contributed by atoms with van der Waals surface area (Å²) in [6.45, 7) is 3.58. The largest absolute Gasteiger partial charge is 0.454 e. The molecular formula is C16H18Cl2F3N2O+. The average molecular weight is 382 g/mol. The number of rotatable bonds is 4. The fourth-order valence-corrected chi connectivity index (χ4v) is 3.07. The Morgan fingerprint density at radius 1 is 1.25 bits per heavy atom. The standard InChI is InChI=1S/C16H17Cl2F3N2O/c17-13-3-2-12(14(18)10-13)11-23-6-1-5-22(8-9-23)7-4-15(24)16(19,20)21/h2-4,7,10H,1,5-6,8-9,11H2/p+1/b7-4+. The average Bonchev–Trinajstić information content (AvgIpc) is 2.72. The van der Waals surface area contributed by atoms with Crippen molar-refractivity contribution in [2.75, 3.05) is 26.2 Å². The van der Waals surface area contributed by atoms with Crippen LogP contribution in [0.1, 0.15) is 12.0 Å². The number of nitrogens with zero attached hydrogens (tertiary/aromatic N) is 1. The van der Waals surface area contributed by atoms with Gasteiger partial charge in [0.15, 0.2) is 0 Å². The van der Waals surface area contributed by atoms with Crippen LogP contribution in [0.2, 0.25) is 10.0 Å². The van der Waals surface area contributed by atoms with E-state index in [2.05, 4.69) is 0 Å². The molecule has 0 radical (unpaired) electrons. The van der Waals surface area contributed by atoms with E-state index in [0.29, 0.717) is 29.2 Å². The van der Waals surface area contributed by atoms with Crippen LogP contribution in [0.15, 0.2) is 30.5 Å². The molecule has 1 atom stereocenters. The Hall–Kier alpha value is -1.24. The molecule has 0 spiro atoms. The maximum atomic E-state index is 12.2. The lowest BCUT2D eigenvalue weighted by molar-refractivity contribution is -0.911. The normalized spacial score (nSPS) is 19.5. The van der Waals surface area contributed by atoms with E-state index in [4.69, 9.17) is 23.2 Å². The van der Waals surface area contributed by atoms with Gasteiger partial charge in [0.1, 0.15) is 6.54 Å². The van der Waals surface area contributed by atoms with Crippen LogP contribution >= 0.6 is 23.2 Å². The van der Waals surface area contributed by atoms with Gasteiger partial charge >= 0.3 is 6.18 Å². The van der Waals surface area contributed by atoms with Gasteiger partial charge in [-0.3, -0.25) is 4.79 Å². The third-order valence-corrected chi connectivity index (χ3v) is 4.49. The number of hydrogen-bond donors (Lipinski definition) is 1. The van der Waals surface area contributed by atoms with Crippen LogP contribution in [-0.4, -0.2) is 43.0 Å². The Balaban J connectivity index is 1.90. The van der Waals surface area contributed by atoms with Crippen molar-refractivity contribution in [3.8, 4) is 0 Å². The van der Waals surface area contributed by atoms with E-state index < -0.39 is 12.0 Å². The monoisotopic (exact) mass is 381 g/mol. The third kappa shape index (κ3) is 5.69. The summed E-state index contributed by atoms with van der Waals surface area (Å²) in [5.41, 5.74) is 0.993. The van der Waals surface area contributed by atoms with Gasteiger partial charge in [-0.05, 0) is 12.1 Å². The van der Waals surface area contributed by atoms with E-state index >= 15 is 0 Å². The van der Waals surface area contributed by atoms with Gasteiger partial charge in [-0.2, -0.15) is 13.2 Å². The molecule has 1 heterocycles. The molecule has 0 bridgehead atoms. The van der Waals surface area contributed by atoms with Crippen molar-refractivity contribution >= 4 is 29.0 Å². The number of halogens is 5. The van der Waals surface area contributed by atoms with E-state index in [1.807, 2.05) is 6.07 Å². The zero-order valence-corrected chi connectivity index (χ0v) is 14.4. The zero-order valence-electron chi connectivity index (χ0n) is 12.9. The first kappa shape index (κ1) is 19.1. The Labute approximate surface area is 148 Å². The van der Waals surface area contributed by atoms with Gasteiger partial charge in [0.25, 0.3) is 5.78 Å². The van der Waals surface area contributed by atoms with Gasteiger partial charge in [0.05, 0.1) is 24.7 Å². The molecule has 1 aromatic rings. The van der Waals surface area contributed by atoms with Crippen molar-refractivity contribution in [2.24, 2.45) is 0 Å². The van der Waals surface area contributed by atoms with E-state index in [1.165, 1.54) is 11.1 Å². The highest BCUT2D eigenvalue weighted by Gasteiger charge is 2.36. The molecule has 132 valence electrons. The molecule has 1 aliphatic rings. The predicted molar refractivity (Wildman–Crippen MR) is 87.3 cm³/mol. The molecule has 1 N–H and O–H groups in total. The first-order chi connectivity index (χ1) is 11.3. The number of nitrogens with one attached hydrogen (secondary N) is 1. The summed E-state index contributed by atoms with van der Waals surface area (Å²) in [4.78, 5) is 13.9. The van der Waals surface area contributed by atoms with Crippen molar-refractivity contribution < 1.29 is 22.9 Å². The predicted octanol–water partition coefficient (Wildman–Crippen LogP) is 2.73. The van der Waals surface area contributed by atoms with Crippen molar-refractivity contribution in [1.29, 1.82) is 0 Å². The van der Waals surface area contributed by atoms with E-state index in [0.717, 1.165) is 31.6 Å². The number of carbonyl (C=O) groups is 1. The first-order valence-corrected chi connectivity index (χ1v) is 8.32. The number of ketones is 1. The molecule has 1 fully saturated rings. The minimum Gasteiger partial charge on any atom is -0.371 e. The molecule has 24 heavy (non-hydrogen) atoms. The Bertz CT molecular complexity index is 620. The van der Waals surface area contributed by atoms with Crippen LogP contribution in [0.4, 0.5) is 13.2 Å². The fourth-order valence-electron chi connectivity index (χ4n) is 2.60. The van der Waals surface area contributed by atoms with Crippen LogP contribution < -0.4 is 4.90 Å². The van der Waals surface area contributed by atoms with Gasteiger partial charge in [-0.25, -0.2) is 0 Å². The lowest BCUT2D eigenvalue weighted by Gasteiger charge is -2.19. The second-order valence-electron chi connectivity index (χ2n) is 5.73. The molecule has 1 aliphatic heterocycles. The highest BCUT2D eigenvalue weighted by atomic mass is 35.5. The van der Waals surface area contributed by atoms with Crippen molar-refractivity contribution in [2.45, 2.75) is 19.1 Å². The molecule has 1 aromatic carbocycles. The molecular weight excluding hydrogens is 364 g/mol. The maximum absolute atomic E-state index is 12.2. The van der Waals surface area contributed by atoms with Gasteiger partial charge < -0.3 is 9.80 Å². The second-order valence-corrected chi connectivity index (χ2v) is 6.57. The number of carbonyl (C=O) groups excluding carboxylic acids is 1. The van der Waals surface area contributed by atoms with Gasteiger partial charge in [0, 0.05) is 35.8 Å². The van der Waals surface area contributed by atoms with Gasteiger partial charge in [-0.15, -0.1) is 0 Å². The number of alkyl halides is 3. The fraction of sp³-hybridized carbons (Fsp3) is 0.438. The van der Waals surface area contributed by atoms with Crippen LogP contribution in [0.3, 0.4) is 0 Å². The molecule has 1 unspecified atom stereocenters. The topological polar surface area (TPSA) is 24.8 Å². The first-order valence-electron chi connectivity index (χ1n) is 7.56. The quantitative estimate of drug-likeness (QED) is 0.811. The lowest BCUT2D eigenvalue weighted by Crippen LogP contribution is -3.11. The number of hydrogen-bond acceptors (Lipinski definition) is 2. The highest BCUT2D eigenvalue weighted by molar-refractivity contribution is 6.35. The number of allylic oxidation sites excluding steroid dienone is 1. The molecule has 8 heteroatoms. The third-order valence-electron chi connectivity index (χ3n) is 3.90. The summed E-state index contributed by atoms with van der Waals surface area (Å²) >= 11 is 12.1. The molecule has 0 aliphatic carbocycles. The summed E-state index contributed by atoms with van der Waals surface area (Å²) in [5.74, 6) is -1.83. The summed E-state index contributed by atoms with van der Waals surface area (Å²) in [6.07, 6.45) is -2.15. The van der Waals surface area contributed by atoms with Crippen molar-refractivity contribution in [3.05, 3.63) is 46.1 Å². The summed E-state index contributed by atoms with van der Waals surface area (Å²) in [6, 6.07) is 5.38. The zero-order chi connectivity index (χ0) is 17.7. The molecule has 0 saturated carbocycles. The maximum Gasteiger partial charge on any atom is 0.454 e. The molecule has 1 saturated heterocycles. The lowest BCUT2D eigenvalue weighted by atomic mass is 10.2. The van der Waals surface area contributed by atoms with Crippen molar-refractivity contribution in [1.82, 2.24) is 4.90 Å². The SMILES string of the molecule is O=C(/C=C/N1CCC[NH+](Cc2ccc(Cl)cc2Cl)CC1)C(F)(F)F. The smallest absolute Gasteiger partial charge is 0.371 e. The van der Waals surface area contributed by atoms with Crippen LogP contribution in [0.25, 0.3) is 0 Å². The minimum atomic E-state index is -4.81. The van der Waals surface area contributed by atoms with Gasteiger partial charge in [-0.1, -0.05) is 29.3 Å². The van der Waals surface area contributed by atoms with E-state index in [-0.39, 0.29) is 0 Å². The van der Waals surface area contributed by atoms with Crippen LogP contribution in [0, 0.1) is 0 Å². The van der Waals surface area contributed by atoms with Crippen molar-refractivity contribution in [3.63, 3.8) is 0 Å². The van der Waals surface area contributed by atoms with E-state index in [9.17, 15) is 18.0 Å². The molecule has 2 rings (SSSR count). The number of quaternary nitrogens is 1. The molecule has 0 aromatic heterocycles. The van der Waals surface area contributed by atoms with Gasteiger partial charge in [0.2, 0.25) is 0 Å². The Morgan fingerprint density at radius 3 is 2.67 bits per heavy atom.